The number of hydrogen-bond donors (Lipinski definition) is 1. The van der Waals surface area contributed by atoms with Crippen molar-refractivity contribution in [3.63, 3.8) is 0 Å². The summed E-state index contributed by atoms with van der Waals surface area (Å²) in [6.07, 6.45) is 3.65. The molecule has 29 heavy (non-hydrogen) atoms. The van der Waals surface area contributed by atoms with Crippen molar-refractivity contribution in [2.45, 2.75) is 19.9 Å². The Labute approximate surface area is 169 Å². The molecule has 1 saturated heterocycles. The third kappa shape index (κ3) is 3.15. The smallest absolute Gasteiger partial charge is 0.130 e. The fourth-order valence-electron chi connectivity index (χ4n) is 3.98. The number of ether oxygens (including phenoxy) is 1. The van der Waals surface area contributed by atoms with E-state index in [0.717, 1.165) is 51.3 Å². The van der Waals surface area contributed by atoms with Crippen LogP contribution in [0.2, 0.25) is 0 Å². The first-order valence-electron chi connectivity index (χ1n) is 9.83. The minimum Gasteiger partial charge on any atom is -0.377 e. The number of nitrogens with zero attached hydrogens (tertiary/aromatic N) is 4. The van der Waals surface area contributed by atoms with Crippen LogP contribution in [0.1, 0.15) is 12.5 Å². The molecule has 0 aliphatic carbocycles. The summed E-state index contributed by atoms with van der Waals surface area (Å²) < 4.78 is 5.64. The molecule has 1 radical (unpaired) electrons. The largest absolute Gasteiger partial charge is 0.377 e. The third-order valence-corrected chi connectivity index (χ3v) is 5.46. The van der Waals surface area contributed by atoms with Crippen LogP contribution >= 0.6 is 0 Å². The van der Waals surface area contributed by atoms with Crippen molar-refractivity contribution < 1.29 is 4.74 Å². The van der Waals surface area contributed by atoms with Gasteiger partial charge in [-0.05, 0) is 48.7 Å². The normalized spacial score (nSPS) is 17.0. The summed E-state index contributed by atoms with van der Waals surface area (Å²) >= 11 is 0. The van der Waals surface area contributed by atoms with Gasteiger partial charge in [0, 0.05) is 24.3 Å². The number of aromatic nitrogens is 4. The number of rotatable bonds is 3. The van der Waals surface area contributed by atoms with Crippen molar-refractivity contribution in [1.82, 2.24) is 20.2 Å². The summed E-state index contributed by atoms with van der Waals surface area (Å²) in [5, 5.41) is 8.26. The Bertz CT molecular complexity index is 1140. The lowest BCUT2D eigenvalue weighted by molar-refractivity contribution is 0.0986. The molecule has 1 aliphatic heterocycles. The number of anilines is 1. The van der Waals surface area contributed by atoms with Crippen molar-refractivity contribution in [2.24, 2.45) is 0 Å². The van der Waals surface area contributed by atoms with Gasteiger partial charge in [0.25, 0.3) is 0 Å². The maximum Gasteiger partial charge on any atom is 0.130 e. The number of hydrogen-bond acceptors (Lipinski definition) is 5. The van der Waals surface area contributed by atoms with Gasteiger partial charge in [-0.15, -0.1) is 0 Å². The Kier molecular flexibility index (Phi) is 4.48. The first-order chi connectivity index (χ1) is 14.2. The van der Waals surface area contributed by atoms with E-state index in [4.69, 9.17) is 14.7 Å². The molecule has 0 unspecified atom stereocenters. The second-order valence-electron chi connectivity index (χ2n) is 7.42. The van der Waals surface area contributed by atoms with Crippen molar-refractivity contribution in [2.75, 3.05) is 24.7 Å². The van der Waals surface area contributed by atoms with Crippen LogP contribution in [0.5, 0.6) is 0 Å². The zero-order chi connectivity index (χ0) is 19.8. The van der Waals surface area contributed by atoms with Gasteiger partial charge < -0.3 is 9.64 Å². The molecule has 3 aromatic heterocycles. The molecule has 1 aliphatic rings. The molecular formula is C23H22N5O. The van der Waals surface area contributed by atoms with Crippen molar-refractivity contribution in [3.8, 4) is 22.5 Å². The van der Waals surface area contributed by atoms with Crippen LogP contribution in [0.3, 0.4) is 0 Å². The molecule has 0 amide bonds. The molecule has 6 nitrogen and oxygen atoms in total. The summed E-state index contributed by atoms with van der Waals surface area (Å²) in [5.41, 5.74) is 5.95. The first-order valence-corrected chi connectivity index (χ1v) is 9.83. The van der Waals surface area contributed by atoms with E-state index in [1.807, 2.05) is 24.4 Å². The molecule has 5 rings (SSSR count). The van der Waals surface area contributed by atoms with Gasteiger partial charge in [-0.3, -0.25) is 10.1 Å². The molecule has 145 valence electrons. The standard InChI is InChI=1S/C23H22N5O/c1-15-13-24-22(19-8-9-25-27-19)23-21(15)18(17-6-4-3-5-7-17)12-20(26-23)28-10-11-29-14-16(28)2/h4-9,12-13,16H,10-11,14H2,1-2H3,(H,25,27)/t16-/m1/s1. The highest BCUT2D eigenvalue weighted by Crippen LogP contribution is 2.37. The van der Waals surface area contributed by atoms with Gasteiger partial charge in [0.05, 0.1) is 24.9 Å². The molecule has 6 heteroatoms. The molecule has 1 atom stereocenters. The summed E-state index contributed by atoms with van der Waals surface area (Å²) in [6.45, 7) is 6.49. The predicted octanol–water partition coefficient (Wildman–Crippen LogP) is 4.02. The van der Waals surface area contributed by atoms with E-state index in [9.17, 15) is 0 Å². The fourth-order valence-corrected chi connectivity index (χ4v) is 3.98. The molecular weight excluding hydrogens is 362 g/mol. The van der Waals surface area contributed by atoms with E-state index >= 15 is 0 Å². The van der Waals surface area contributed by atoms with Crippen LogP contribution in [0.25, 0.3) is 33.4 Å². The predicted molar refractivity (Wildman–Crippen MR) is 114 cm³/mol. The zero-order valence-corrected chi connectivity index (χ0v) is 16.5. The molecule has 4 aromatic rings. The van der Waals surface area contributed by atoms with E-state index < -0.39 is 0 Å². The first kappa shape index (κ1) is 17.8. The second-order valence-corrected chi connectivity index (χ2v) is 7.42. The maximum atomic E-state index is 5.64. The van der Waals surface area contributed by atoms with Crippen LogP contribution in [0.4, 0.5) is 5.82 Å². The molecule has 1 fully saturated rings. The monoisotopic (exact) mass is 384 g/mol. The quantitative estimate of drug-likeness (QED) is 0.578. The topological polar surface area (TPSA) is 66.9 Å². The van der Waals surface area contributed by atoms with E-state index in [1.165, 1.54) is 0 Å². The highest BCUT2D eigenvalue weighted by atomic mass is 16.5. The number of pyridine rings is 2. The van der Waals surface area contributed by atoms with Crippen LogP contribution in [0.15, 0.2) is 48.8 Å². The lowest BCUT2D eigenvalue weighted by atomic mass is 9.97. The fraction of sp³-hybridized carbons (Fsp3) is 0.261. The number of H-pyrrole nitrogens is 1. The van der Waals surface area contributed by atoms with E-state index in [1.54, 1.807) is 6.20 Å². The molecule has 4 heterocycles. The minimum atomic E-state index is 0.263. The van der Waals surface area contributed by atoms with Gasteiger partial charge >= 0.3 is 0 Å². The molecule has 1 N–H and O–H groups in total. The summed E-state index contributed by atoms with van der Waals surface area (Å²) in [4.78, 5) is 12.1. The number of fused-ring (bicyclic) bond motifs is 1. The van der Waals surface area contributed by atoms with E-state index in [-0.39, 0.29) is 6.04 Å². The molecule has 0 bridgehead atoms. The van der Waals surface area contributed by atoms with E-state index in [0.29, 0.717) is 13.2 Å². The van der Waals surface area contributed by atoms with E-state index in [2.05, 4.69) is 53.2 Å². The number of aryl methyl sites for hydroxylation is 1. The van der Waals surface area contributed by atoms with Crippen LogP contribution in [0, 0.1) is 13.0 Å². The van der Waals surface area contributed by atoms with Crippen molar-refractivity contribution in [3.05, 3.63) is 60.4 Å². The minimum absolute atomic E-state index is 0.263. The number of nitrogens with one attached hydrogen (secondary N) is 1. The van der Waals surface area contributed by atoms with Gasteiger partial charge in [0.2, 0.25) is 0 Å². The van der Waals surface area contributed by atoms with Crippen LogP contribution in [-0.4, -0.2) is 46.0 Å². The summed E-state index contributed by atoms with van der Waals surface area (Å²) in [7, 11) is 0. The molecule has 0 saturated carbocycles. The number of morpholine rings is 1. The highest BCUT2D eigenvalue weighted by Gasteiger charge is 2.23. The molecule has 0 spiro atoms. The Morgan fingerprint density at radius 1 is 1.24 bits per heavy atom. The van der Waals surface area contributed by atoms with Gasteiger partial charge in [0.1, 0.15) is 17.0 Å². The second kappa shape index (κ2) is 7.29. The Morgan fingerprint density at radius 2 is 2.10 bits per heavy atom. The van der Waals surface area contributed by atoms with Crippen LogP contribution < -0.4 is 4.90 Å². The zero-order valence-electron chi connectivity index (χ0n) is 16.5. The number of aromatic amines is 1. The Hall–Kier alpha value is -3.25. The maximum absolute atomic E-state index is 5.64. The lowest BCUT2D eigenvalue weighted by Gasteiger charge is -2.34. The Balaban J connectivity index is 1.82. The summed E-state index contributed by atoms with van der Waals surface area (Å²) in [6, 6.07) is 15.6. The van der Waals surface area contributed by atoms with Crippen LogP contribution in [-0.2, 0) is 4.74 Å². The van der Waals surface area contributed by atoms with Gasteiger partial charge in [0.15, 0.2) is 0 Å². The summed E-state index contributed by atoms with van der Waals surface area (Å²) in [5.74, 6) is 0.948. The van der Waals surface area contributed by atoms with Crippen molar-refractivity contribution >= 4 is 16.7 Å². The Morgan fingerprint density at radius 3 is 2.86 bits per heavy atom. The van der Waals surface area contributed by atoms with Gasteiger partial charge in [-0.2, -0.15) is 5.10 Å². The van der Waals surface area contributed by atoms with Gasteiger partial charge in [-0.1, -0.05) is 24.3 Å². The highest BCUT2D eigenvalue weighted by molar-refractivity contribution is 6.03. The average molecular weight is 384 g/mol. The average Bonchev–Trinajstić information content (AvgIpc) is 3.29. The lowest BCUT2D eigenvalue weighted by Crippen LogP contribution is -2.44. The SMILES string of the molecule is Cc1cnc(-c2ccn[nH]2)c2nc(N3CCOC[C@H]3C)cc(-c3cc[c]cc3)c12. The van der Waals surface area contributed by atoms with Crippen molar-refractivity contribution in [1.29, 1.82) is 0 Å². The van der Waals surface area contributed by atoms with Gasteiger partial charge in [-0.25, -0.2) is 4.98 Å². The third-order valence-electron chi connectivity index (χ3n) is 5.46. The number of benzene rings is 1. The molecule has 1 aromatic carbocycles.